The minimum Gasteiger partial charge on any atom is -1.00 e. The minimum atomic E-state index is -0.107. The number of allylic oxidation sites excluding steroid dienone is 11. The number of benzene rings is 6. The third-order valence-corrected chi connectivity index (χ3v) is 18.5. The summed E-state index contributed by atoms with van der Waals surface area (Å²) in [7, 11) is 0. The largest absolute Gasteiger partial charge is 1.00 e. The molecule has 1 N–H and O–H groups in total. The van der Waals surface area contributed by atoms with Gasteiger partial charge in [-0.1, -0.05) is 168 Å². The van der Waals surface area contributed by atoms with Crippen LogP contribution < -0.4 is 38.9 Å². The van der Waals surface area contributed by atoms with Crippen LogP contribution in [0, 0.1) is 0 Å². The van der Waals surface area contributed by atoms with Gasteiger partial charge in [-0.05, 0) is 133 Å². The lowest BCUT2D eigenvalue weighted by molar-refractivity contribution is -0.439. The van der Waals surface area contributed by atoms with Gasteiger partial charge >= 0.3 is 0 Å². The van der Waals surface area contributed by atoms with Gasteiger partial charge in [-0.2, -0.15) is 9.15 Å². The van der Waals surface area contributed by atoms with Crippen molar-refractivity contribution in [3.63, 3.8) is 0 Å². The van der Waals surface area contributed by atoms with E-state index in [1.165, 1.54) is 120 Å². The monoisotopic (exact) mass is 1240 g/mol. The zero-order valence-electron chi connectivity index (χ0n) is 48.8. The average Bonchev–Trinajstić information content (AvgIpc) is 4.17. The summed E-state index contributed by atoms with van der Waals surface area (Å²) in [6.07, 6.45) is 21.5. The minimum absolute atomic E-state index is 0. The van der Waals surface area contributed by atoms with Crippen LogP contribution in [0.4, 0.5) is 17.1 Å². The molecular weight excluding hydrogens is 1160 g/mol. The normalized spacial score (nSPS) is 19.0. The third kappa shape index (κ3) is 11.7. The highest BCUT2D eigenvalue weighted by Gasteiger charge is 2.46. The van der Waals surface area contributed by atoms with Crippen molar-refractivity contribution in [2.75, 3.05) is 24.5 Å². The van der Waals surface area contributed by atoms with E-state index in [0.717, 1.165) is 62.9 Å². The Labute approximate surface area is 508 Å². The Bertz CT molecular complexity index is 3590. The van der Waals surface area contributed by atoms with Crippen LogP contribution in [-0.2, 0) is 21.0 Å². The Morgan fingerprint density at radius 2 is 1.04 bits per heavy atom. The molecule has 80 heavy (non-hydrogen) atoms. The molecule has 3 heterocycles. The number of carbonyl (C=O) groups is 1. The number of nitrogens with zero attached hydrogens (tertiary/aromatic N) is 3. The lowest BCUT2D eigenvalue weighted by atomic mass is 9.79. The molecule has 0 saturated carbocycles. The Hall–Kier alpha value is -5.31. The molecule has 0 spiro atoms. The lowest BCUT2D eigenvalue weighted by Gasteiger charge is -2.27. The molecule has 0 fully saturated rings. The van der Waals surface area contributed by atoms with Gasteiger partial charge in [0, 0.05) is 88.6 Å². The number of hydrogen-bond acceptors (Lipinski definition) is 3. The zero-order valence-corrected chi connectivity index (χ0v) is 53.4. The van der Waals surface area contributed by atoms with Crippen molar-refractivity contribution < 1.29 is 53.0 Å². The van der Waals surface area contributed by atoms with Crippen LogP contribution >= 0.6 is 23.2 Å². The Balaban J connectivity index is 0.000000236. The SMILES string of the molecule is CCCCN1/C(=C/C=C2\CCC(/C=C/C3=[N+](CCCC)c4ccc5ccccc5c4C3(C)C)=C2Cl)C(C)(C)c2c1ccc1ccccc21.CCCC[N+]1=C(C)C(C)(C)c2c1ccc1ccccc21.O=CC1=C(Cl)/C(=C/O)CC1.[Br-].[Br-]. The van der Waals surface area contributed by atoms with Crippen LogP contribution in [0.2, 0.25) is 0 Å². The Morgan fingerprint density at radius 1 is 0.550 bits per heavy atom. The molecule has 9 heteroatoms. The maximum Gasteiger partial charge on any atom is 0.210 e. The fourth-order valence-electron chi connectivity index (χ4n) is 12.9. The van der Waals surface area contributed by atoms with E-state index in [4.69, 9.17) is 28.3 Å². The molecular formula is C71H81Br2Cl2N3O2. The quantitative estimate of drug-likeness (QED) is 0.0712. The van der Waals surface area contributed by atoms with Crippen LogP contribution in [0.5, 0.6) is 0 Å². The summed E-state index contributed by atoms with van der Waals surface area (Å²) < 4.78 is 5.10. The van der Waals surface area contributed by atoms with Gasteiger partial charge in [0.2, 0.25) is 11.4 Å². The standard InChI is InChI=1S/C45H50ClN2.C19H24N.C7H7ClO2.2BrH/c1-7-9-29-47-37-25-21-31-15-11-13-17-35(31)41(37)44(3,4)39(47)27-23-33-19-20-34(43(33)46)24-28-40-45(5,6)42-36-18-14-12-16-32(36)22-26-38(42)48(40)30-10-8-2;1-5-6-13-20-14(2)19(3,4)18-16-10-8-7-9-15(16)11-12-17(18)20;8-7-5(3-9)1-2-6(7)4-10;;/h11-18,21-28H,7-10,19-20,29-30H2,1-6H3;7-12H,5-6,13H2,1-4H3;3-4,9H,1-2H2;2*1H/q2*+1;;;/p-2/b;;5-3+;;. The number of aldehydes is 1. The summed E-state index contributed by atoms with van der Waals surface area (Å²) in [6, 6.07) is 40.3. The smallest absolute Gasteiger partial charge is 0.210 e. The van der Waals surface area contributed by atoms with E-state index in [2.05, 4.69) is 217 Å². The van der Waals surface area contributed by atoms with E-state index >= 15 is 0 Å². The summed E-state index contributed by atoms with van der Waals surface area (Å²) in [6.45, 7) is 26.6. The van der Waals surface area contributed by atoms with Crippen molar-refractivity contribution in [3.8, 4) is 0 Å². The molecule has 420 valence electrons. The number of carbonyl (C=O) groups excluding carboxylic acids is 1. The van der Waals surface area contributed by atoms with Gasteiger partial charge in [0.25, 0.3) is 0 Å². The zero-order chi connectivity index (χ0) is 55.5. The van der Waals surface area contributed by atoms with Gasteiger partial charge in [0.05, 0.1) is 22.1 Å². The van der Waals surface area contributed by atoms with Crippen LogP contribution in [0.3, 0.4) is 0 Å². The van der Waals surface area contributed by atoms with E-state index in [1.807, 2.05) is 0 Å². The first-order valence-electron chi connectivity index (χ1n) is 28.8. The van der Waals surface area contributed by atoms with Gasteiger partial charge in [-0.15, -0.1) is 0 Å². The maximum atomic E-state index is 10.2. The maximum absolute atomic E-state index is 10.2. The van der Waals surface area contributed by atoms with Crippen LogP contribution in [0.15, 0.2) is 178 Å². The highest BCUT2D eigenvalue weighted by Crippen LogP contribution is 2.52. The average molecular weight is 1240 g/mol. The molecule has 0 unspecified atom stereocenters. The number of hydrogen-bond donors (Lipinski definition) is 1. The molecule has 5 nitrogen and oxygen atoms in total. The summed E-state index contributed by atoms with van der Waals surface area (Å²) in [5, 5.41) is 18.0. The van der Waals surface area contributed by atoms with Crippen molar-refractivity contribution in [2.45, 2.75) is 150 Å². The topological polar surface area (TPSA) is 46.6 Å². The molecule has 11 rings (SSSR count). The summed E-state index contributed by atoms with van der Waals surface area (Å²) in [4.78, 5) is 12.8. The van der Waals surface area contributed by atoms with E-state index in [9.17, 15) is 4.79 Å². The van der Waals surface area contributed by atoms with Crippen molar-refractivity contribution in [2.24, 2.45) is 0 Å². The molecule has 0 amide bonds. The van der Waals surface area contributed by atoms with E-state index < -0.39 is 0 Å². The highest BCUT2D eigenvalue weighted by atomic mass is 79.9. The molecule has 6 aromatic rings. The number of aliphatic hydroxyl groups is 1. The number of aliphatic hydroxyl groups excluding tert-OH is 1. The molecule has 2 aliphatic carbocycles. The highest BCUT2D eigenvalue weighted by molar-refractivity contribution is 6.34. The second-order valence-electron chi connectivity index (χ2n) is 23.4. The predicted molar refractivity (Wildman–Crippen MR) is 335 cm³/mol. The Kier molecular flexibility index (Phi) is 20.5. The van der Waals surface area contributed by atoms with Gasteiger partial charge < -0.3 is 44.0 Å². The number of rotatable bonds is 13. The molecule has 5 aliphatic rings. The number of halogens is 4. The third-order valence-electron chi connectivity index (χ3n) is 17.5. The number of unbranched alkanes of at least 4 members (excludes halogenated alkanes) is 3. The first-order valence-corrected chi connectivity index (χ1v) is 29.6. The number of fused-ring (bicyclic) bond motifs is 9. The Morgan fingerprint density at radius 3 is 1.57 bits per heavy atom. The fourth-order valence-corrected chi connectivity index (χ4v) is 13.5. The van der Waals surface area contributed by atoms with Crippen molar-refractivity contribution in [3.05, 3.63) is 195 Å². The van der Waals surface area contributed by atoms with Crippen LogP contribution in [-0.4, -0.2) is 51.6 Å². The number of anilines is 1. The fraction of sp³-hybridized carbons (Fsp3) is 0.366. The predicted octanol–water partition coefficient (Wildman–Crippen LogP) is 13.4. The first-order chi connectivity index (χ1) is 37.5. The van der Waals surface area contributed by atoms with E-state index in [0.29, 0.717) is 29.0 Å². The molecule has 6 aromatic carbocycles. The molecule has 0 aromatic heterocycles. The molecule has 0 bridgehead atoms. The molecule has 3 aliphatic heterocycles. The summed E-state index contributed by atoms with van der Waals surface area (Å²) >= 11 is 12.9. The second-order valence-corrected chi connectivity index (χ2v) is 24.2. The van der Waals surface area contributed by atoms with Gasteiger partial charge in [-0.3, -0.25) is 4.79 Å². The molecule has 0 atom stereocenters. The van der Waals surface area contributed by atoms with Crippen molar-refractivity contribution in [1.29, 1.82) is 0 Å². The van der Waals surface area contributed by atoms with Crippen LogP contribution in [0.25, 0.3) is 32.3 Å². The van der Waals surface area contributed by atoms with Crippen molar-refractivity contribution >= 4 is 90.3 Å². The van der Waals surface area contributed by atoms with Gasteiger partial charge in [-0.25, -0.2) is 0 Å². The van der Waals surface area contributed by atoms with Crippen molar-refractivity contribution in [1.82, 2.24) is 0 Å². The summed E-state index contributed by atoms with van der Waals surface area (Å²) in [5.41, 5.74) is 16.4. The van der Waals surface area contributed by atoms with Crippen LogP contribution in [0.1, 0.15) is 150 Å². The summed E-state index contributed by atoms with van der Waals surface area (Å²) in [5.74, 6) is 0. The first kappa shape index (κ1) is 62.3. The van der Waals surface area contributed by atoms with E-state index in [1.54, 1.807) is 0 Å². The van der Waals surface area contributed by atoms with Gasteiger partial charge in [0.15, 0.2) is 11.4 Å². The molecule has 0 saturated heterocycles. The van der Waals surface area contributed by atoms with E-state index in [-0.39, 0.29) is 50.2 Å². The second kappa shape index (κ2) is 26.3. The molecule has 0 radical (unpaired) electrons. The van der Waals surface area contributed by atoms with Gasteiger partial charge in [0.1, 0.15) is 19.4 Å². The lowest BCUT2D eigenvalue weighted by Crippen LogP contribution is -3.00.